The molecule has 0 aromatic carbocycles. The molecule has 0 bridgehead atoms. The summed E-state index contributed by atoms with van der Waals surface area (Å²) in [4.78, 5) is 23.2. The molecule has 22 heavy (non-hydrogen) atoms. The highest BCUT2D eigenvalue weighted by Gasteiger charge is 2.41. The second-order valence-corrected chi connectivity index (χ2v) is 4.83. The van der Waals surface area contributed by atoms with Crippen LogP contribution < -0.4 is 5.32 Å². The van der Waals surface area contributed by atoms with Crippen LogP contribution in [0, 0.1) is 6.92 Å². The van der Waals surface area contributed by atoms with E-state index in [0.717, 1.165) is 4.68 Å². The fourth-order valence-electron chi connectivity index (χ4n) is 1.94. The summed E-state index contributed by atoms with van der Waals surface area (Å²) >= 11 is 0. The van der Waals surface area contributed by atoms with Gasteiger partial charge in [-0.05, 0) is 27.7 Å². The van der Waals surface area contributed by atoms with Gasteiger partial charge in [0.05, 0.1) is 12.2 Å². The third-order valence-electron chi connectivity index (χ3n) is 2.83. The highest BCUT2D eigenvalue weighted by Crippen LogP contribution is 2.33. The number of hydrogen-bond donors (Lipinski definition) is 1. The lowest BCUT2D eigenvalue weighted by Gasteiger charge is -2.09. The first-order valence-electron chi connectivity index (χ1n) is 6.69. The Morgan fingerprint density at radius 3 is 2.41 bits per heavy atom. The Balaban J connectivity index is 3.11. The van der Waals surface area contributed by atoms with Crippen LogP contribution in [-0.4, -0.2) is 34.8 Å². The van der Waals surface area contributed by atoms with E-state index in [4.69, 9.17) is 0 Å². The fourth-order valence-corrected chi connectivity index (χ4v) is 1.94. The Hall–Kier alpha value is -2.06. The summed E-state index contributed by atoms with van der Waals surface area (Å²) in [5.41, 5.74) is -1.76. The molecule has 0 aliphatic rings. The summed E-state index contributed by atoms with van der Waals surface area (Å²) in [6, 6.07) is -0.340. The molecule has 0 saturated heterocycles. The van der Waals surface area contributed by atoms with Crippen LogP contribution in [0.25, 0.3) is 0 Å². The van der Waals surface area contributed by atoms with Gasteiger partial charge >= 0.3 is 12.1 Å². The standard InChI is InChI=1S/C13H18F3N3O3/c1-5-22-9(20)6-17-12(21)10-8(4)19(7(2)3)18-11(10)13(14,15)16/h7H,5-6H2,1-4H3,(H,17,21). The Bertz CT molecular complexity index is 565. The average Bonchev–Trinajstić information content (AvgIpc) is 2.74. The third kappa shape index (κ3) is 3.99. The summed E-state index contributed by atoms with van der Waals surface area (Å²) < 4.78 is 44.8. The molecule has 1 aromatic rings. The molecule has 0 aliphatic heterocycles. The van der Waals surface area contributed by atoms with Crippen LogP contribution in [0.15, 0.2) is 0 Å². The average molecular weight is 321 g/mol. The fraction of sp³-hybridized carbons (Fsp3) is 0.615. The van der Waals surface area contributed by atoms with Crippen molar-refractivity contribution in [1.29, 1.82) is 0 Å². The minimum atomic E-state index is -4.76. The lowest BCUT2D eigenvalue weighted by Crippen LogP contribution is -2.32. The molecule has 1 heterocycles. The van der Waals surface area contributed by atoms with E-state index < -0.39 is 35.9 Å². The zero-order valence-corrected chi connectivity index (χ0v) is 12.7. The number of rotatable bonds is 5. The maximum atomic E-state index is 13.0. The van der Waals surface area contributed by atoms with E-state index in [2.05, 4.69) is 15.2 Å². The molecule has 1 rings (SSSR count). The first-order valence-corrected chi connectivity index (χ1v) is 6.69. The second kappa shape index (κ2) is 6.80. The normalized spacial score (nSPS) is 11.6. The van der Waals surface area contributed by atoms with Crippen molar-refractivity contribution >= 4 is 11.9 Å². The van der Waals surface area contributed by atoms with Crippen LogP contribution in [0.1, 0.15) is 48.6 Å². The zero-order chi connectivity index (χ0) is 17.1. The Morgan fingerprint density at radius 2 is 1.95 bits per heavy atom. The largest absolute Gasteiger partial charge is 0.465 e. The molecule has 0 saturated carbocycles. The molecule has 0 unspecified atom stereocenters. The van der Waals surface area contributed by atoms with Gasteiger partial charge in [-0.25, -0.2) is 0 Å². The monoisotopic (exact) mass is 321 g/mol. The Morgan fingerprint density at radius 1 is 1.36 bits per heavy atom. The number of carbonyl (C=O) groups excluding carboxylic acids is 2. The third-order valence-corrected chi connectivity index (χ3v) is 2.83. The van der Waals surface area contributed by atoms with E-state index >= 15 is 0 Å². The quantitative estimate of drug-likeness (QED) is 0.843. The van der Waals surface area contributed by atoms with Gasteiger partial charge in [-0.3, -0.25) is 14.3 Å². The molecule has 1 N–H and O–H groups in total. The molecular formula is C13H18F3N3O3. The summed E-state index contributed by atoms with van der Waals surface area (Å²) in [5.74, 6) is -1.73. The van der Waals surface area contributed by atoms with Crippen LogP contribution in [0.3, 0.4) is 0 Å². The number of halogens is 3. The first kappa shape index (κ1) is 18.0. The highest BCUT2D eigenvalue weighted by molar-refractivity contribution is 5.98. The number of hydrogen-bond acceptors (Lipinski definition) is 4. The number of nitrogens with zero attached hydrogens (tertiary/aromatic N) is 2. The predicted molar refractivity (Wildman–Crippen MR) is 71.3 cm³/mol. The minimum absolute atomic E-state index is 0.0867. The molecule has 6 nitrogen and oxygen atoms in total. The van der Waals surface area contributed by atoms with Crippen molar-refractivity contribution in [2.45, 2.75) is 39.9 Å². The van der Waals surface area contributed by atoms with E-state index in [1.165, 1.54) is 6.92 Å². The van der Waals surface area contributed by atoms with Crippen LogP contribution in [0.5, 0.6) is 0 Å². The molecule has 0 atom stereocenters. The number of amides is 1. The lowest BCUT2D eigenvalue weighted by atomic mass is 10.1. The van der Waals surface area contributed by atoms with Gasteiger partial charge in [-0.15, -0.1) is 0 Å². The van der Waals surface area contributed by atoms with E-state index in [-0.39, 0.29) is 18.3 Å². The van der Waals surface area contributed by atoms with Crippen LogP contribution >= 0.6 is 0 Å². The van der Waals surface area contributed by atoms with Crippen molar-refractivity contribution in [3.05, 3.63) is 17.0 Å². The molecule has 0 spiro atoms. The smallest absolute Gasteiger partial charge is 0.435 e. The first-order chi connectivity index (χ1) is 10.1. The van der Waals surface area contributed by atoms with Crippen LogP contribution in [-0.2, 0) is 15.7 Å². The van der Waals surface area contributed by atoms with E-state index in [0.29, 0.717) is 0 Å². The maximum absolute atomic E-state index is 13.0. The Kier molecular flexibility index (Phi) is 5.56. The second-order valence-electron chi connectivity index (χ2n) is 4.83. The van der Waals surface area contributed by atoms with E-state index in [1.54, 1.807) is 20.8 Å². The molecule has 0 fully saturated rings. The summed E-state index contributed by atoms with van der Waals surface area (Å²) in [6.45, 7) is 5.88. The van der Waals surface area contributed by atoms with Gasteiger partial charge in [0.25, 0.3) is 5.91 Å². The summed E-state index contributed by atoms with van der Waals surface area (Å²) in [5, 5.41) is 5.60. The van der Waals surface area contributed by atoms with Crippen LogP contribution in [0.4, 0.5) is 13.2 Å². The zero-order valence-electron chi connectivity index (χ0n) is 12.7. The highest BCUT2D eigenvalue weighted by atomic mass is 19.4. The number of nitrogens with one attached hydrogen (secondary N) is 1. The molecule has 9 heteroatoms. The van der Waals surface area contributed by atoms with Gasteiger partial charge in [0, 0.05) is 11.7 Å². The van der Waals surface area contributed by atoms with Gasteiger partial charge in [0.2, 0.25) is 0 Å². The number of esters is 1. The number of aromatic nitrogens is 2. The number of alkyl halides is 3. The van der Waals surface area contributed by atoms with Gasteiger partial charge < -0.3 is 10.1 Å². The molecular weight excluding hydrogens is 303 g/mol. The summed E-state index contributed by atoms with van der Waals surface area (Å²) in [6.07, 6.45) is -4.76. The molecule has 0 radical (unpaired) electrons. The van der Waals surface area contributed by atoms with Gasteiger partial charge in [0.1, 0.15) is 6.54 Å². The van der Waals surface area contributed by atoms with Crippen molar-refractivity contribution in [1.82, 2.24) is 15.1 Å². The van der Waals surface area contributed by atoms with E-state index in [9.17, 15) is 22.8 Å². The number of carbonyl (C=O) groups is 2. The molecule has 124 valence electrons. The van der Waals surface area contributed by atoms with Crippen molar-refractivity contribution in [3.8, 4) is 0 Å². The minimum Gasteiger partial charge on any atom is -0.465 e. The van der Waals surface area contributed by atoms with Gasteiger partial charge in [-0.1, -0.05) is 0 Å². The molecule has 1 aromatic heterocycles. The molecule has 0 aliphatic carbocycles. The van der Waals surface area contributed by atoms with Gasteiger partial charge in [0.15, 0.2) is 5.69 Å². The SMILES string of the molecule is CCOC(=O)CNC(=O)c1c(C(F)(F)F)nn(C(C)C)c1C. The van der Waals surface area contributed by atoms with Crippen molar-refractivity contribution in [2.24, 2.45) is 0 Å². The van der Waals surface area contributed by atoms with E-state index in [1.807, 2.05) is 0 Å². The Labute approximate surface area is 125 Å². The maximum Gasteiger partial charge on any atom is 0.435 e. The predicted octanol–water partition coefficient (Wildman–Crippen LogP) is 2.08. The van der Waals surface area contributed by atoms with Crippen molar-refractivity contribution < 1.29 is 27.5 Å². The summed E-state index contributed by atoms with van der Waals surface area (Å²) in [7, 11) is 0. The van der Waals surface area contributed by atoms with Crippen LogP contribution in [0.2, 0.25) is 0 Å². The van der Waals surface area contributed by atoms with Crippen molar-refractivity contribution in [2.75, 3.05) is 13.2 Å². The number of ether oxygens (including phenoxy) is 1. The lowest BCUT2D eigenvalue weighted by molar-refractivity contribution is -0.142. The topological polar surface area (TPSA) is 73.2 Å². The van der Waals surface area contributed by atoms with Crippen molar-refractivity contribution in [3.63, 3.8) is 0 Å². The van der Waals surface area contributed by atoms with Gasteiger partial charge in [-0.2, -0.15) is 18.3 Å². The molecule has 1 amide bonds.